The maximum atomic E-state index is 12.5. The highest BCUT2D eigenvalue weighted by Crippen LogP contribution is 2.64. The number of halogens is 1. The summed E-state index contributed by atoms with van der Waals surface area (Å²) >= 11 is 5.84. The van der Waals surface area contributed by atoms with E-state index in [4.69, 9.17) is 11.6 Å². The summed E-state index contributed by atoms with van der Waals surface area (Å²) in [5, 5.41) is 13.2. The molecule has 0 radical (unpaired) electrons. The molecule has 4 atom stereocenters. The maximum Gasteiger partial charge on any atom is 0.230 e. The zero-order valence-electron chi connectivity index (χ0n) is 11.8. The minimum absolute atomic E-state index is 0.0497. The molecule has 2 aliphatic carbocycles. The fraction of sp³-hybridized carbons (Fsp3) is 0.562. The molecule has 0 unspecified atom stereocenters. The normalized spacial score (nSPS) is 31.8. The van der Waals surface area contributed by atoms with Crippen molar-refractivity contribution in [2.24, 2.45) is 23.2 Å². The zero-order chi connectivity index (χ0) is 14.5. The summed E-state index contributed by atoms with van der Waals surface area (Å²) < 4.78 is 0. The van der Waals surface area contributed by atoms with Crippen LogP contribution in [0.25, 0.3) is 0 Å². The molecular formula is C16H20ClNO2. The first-order chi connectivity index (χ1) is 9.39. The number of aliphatic hydroxyl groups is 1. The van der Waals surface area contributed by atoms with Crippen LogP contribution in [0, 0.1) is 23.2 Å². The topological polar surface area (TPSA) is 49.3 Å². The number of aliphatic hydroxyl groups excluding tert-OH is 1. The predicted molar refractivity (Wildman–Crippen MR) is 79.6 cm³/mol. The van der Waals surface area contributed by atoms with Crippen LogP contribution in [0.15, 0.2) is 24.3 Å². The van der Waals surface area contributed by atoms with Gasteiger partial charge in [0.25, 0.3) is 0 Å². The van der Waals surface area contributed by atoms with Crippen molar-refractivity contribution < 1.29 is 9.90 Å². The van der Waals surface area contributed by atoms with Crippen LogP contribution in [0.5, 0.6) is 0 Å². The second kappa shape index (κ2) is 4.74. The molecule has 0 saturated heterocycles. The number of fused-ring (bicyclic) bond motifs is 1. The third-order valence-corrected chi connectivity index (χ3v) is 5.19. The van der Waals surface area contributed by atoms with E-state index in [1.165, 1.54) is 0 Å². The summed E-state index contributed by atoms with van der Waals surface area (Å²) in [6.07, 6.45) is 1.55. The van der Waals surface area contributed by atoms with E-state index in [1.807, 2.05) is 26.0 Å². The van der Waals surface area contributed by atoms with Gasteiger partial charge in [-0.3, -0.25) is 4.79 Å². The molecule has 0 heterocycles. The fourth-order valence-corrected chi connectivity index (χ4v) is 3.99. The molecule has 2 saturated carbocycles. The summed E-state index contributed by atoms with van der Waals surface area (Å²) in [6, 6.07) is 7.17. The molecule has 0 aromatic heterocycles. The van der Waals surface area contributed by atoms with Gasteiger partial charge in [-0.2, -0.15) is 0 Å². The number of amides is 1. The Morgan fingerprint density at radius 2 is 1.80 bits per heavy atom. The minimum Gasteiger partial charge on any atom is -0.393 e. The quantitative estimate of drug-likeness (QED) is 0.898. The minimum atomic E-state index is -0.394. The highest BCUT2D eigenvalue weighted by Gasteiger charge is 2.63. The van der Waals surface area contributed by atoms with Gasteiger partial charge in [-0.25, -0.2) is 0 Å². The highest BCUT2D eigenvalue weighted by atomic mass is 35.5. The van der Waals surface area contributed by atoms with Gasteiger partial charge in [-0.15, -0.1) is 0 Å². The standard InChI is InChI=1S/C16H20ClNO2/c1-16(2,14-12-7-11(19)8-13(12)14)15(20)18-10-5-3-9(17)4-6-10/h3-6,11-14,19H,7-8H2,1-2H3,(H,18,20)/t11-,12+,13-,14-. The Hall–Kier alpha value is -1.06. The lowest BCUT2D eigenvalue weighted by molar-refractivity contribution is -0.125. The van der Waals surface area contributed by atoms with E-state index >= 15 is 0 Å². The van der Waals surface area contributed by atoms with Gasteiger partial charge in [0.15, 0.2) is 0 Å². The highest BCUT2D eigenvalue weighted by molar-refractivity contribution is 6.30. The van der Waals surface area contributed by atoms with Crippen LogP contribution in [-0.2, 0) is 4.79 Å². The molecule has 2 aliphatic rings. The largest absolute Gasteiger partial charge is 0.393 e. The molecule has 1 aromatic carbocycles. The third-order valence-electron chi connectivity index (χ3n) is 4.94. The summed E-state index contributed by atoms with van der Waals surface area (Å²) in [6.45, 7) is 4.02. The molecule has 3 rings (SSSR count). The second-order valence-electron chi connectivity index (χ2n) is 6.66. The molecule has 2 N–H and O–H groups in total. The van der Waals surface area contributed by atoms with Gasteiger partial charge in [-0.05, 0) is 54.9 Å². The second-order valence-corrected chi connectivity index (χ2v) is 7.10. The Labute approximate surface area is 124 Å². The van der Waals surface area contributed by atoms with Crippen LogP contribution >= 0.6 is 11.6 Å². The molecule has 3 nitrogen and oxygen atoms in total. The average molecular weight is 294 g/mol. The zero-order valence-corrected chi connectivity index (χ0v) is 12.5. The van der Waals surface area contributed by atoms with Crippen molar-refractivity contribution in [2.75, 3.05) is 5.32 Å². The smallest absolute Gasteiger partial charge is 0.230 e. The van der Waals surface area contributed by atoms with Crippen molar-refractivity contribution in [2.45, 2.75) is 32.8 Å². The van der Waals surface area contributed by atoms with Gasteiger partial charge < -0.3 is 10.4 Å². The van der Waals surface area contributed by atoms with E-state index in [-0.39, 0.29) is 12.0 Å². The molecule has 1 aromatic rings. The fourth-order valence-electron chi connectivity index (χ4n) is 3.86. The molecule has 2 fully saturated rings. The van der Waals surface area contributed by atoms with Gasteiger partial charge in [0, 0.05) is 16.1 Å². The van der Waals surface area contributed by atoms with Crippen molar-refractivity contribution in [3.63, 3.8) is 0 Å². The number of carbonyl (C=O) groups is 1. The number of nitrogens with one attached hydrogen (secondary N) is 1. The molecule has 1 amide bonds. The van der Waals surface area contributed by atoms with Crippen LogP contribution in [0.3, 0.4) is 0 Å². The lowest BCUT2D eigenvalue weighted by atomic mass is 9.82. The molecule has 4 heteroatoms. The number of rotatable bonds is 3. The van der Waals surface area contributed by atoms with Crippen LogP contribution in [0.2, 0.25) is 5.02 Å². The first-order valence-corrected chi connectivity index (χ1v) is 7.52. The molecule has 0 bridgehead atoms. The van der Waals surface area contributed by atoms with E-state index in [1.54, 1.807) is 12.1 Å². The van der Waals surface area contributed by atoms with E-state index < -0.39 is 5.41 Å². The van der Waals surface area contributed by atoms with Gasteiger partial charge in [0.2, 0.25) is 5.91 Å². The average Bonchev–Trinajstić information content (AvgIpc) is 2.92. The predicted octanol–water partition coefficient (Wildman–Crippen LogP) is 3.32. The SMILES string of the molecule is CC(C)(C(=O)Nc1ccc(Cl)cc1)[C@H]1[C@@H]2C[C@H](O)C[C@@H]21. The Morgan fingerprint density at radius 1 is 1.25 bits per heavy atom. The third kappa shape index (κ3) is 2.33. The number of hydrogen-bond acceptors (Lipinski definition) is 2. The number of carbonyl (C=O) groups excluding carboxylic acids is 1. The first-order valence-electron chi connectivity index (χ1n) is 7.14. The maximum absolute atomic E-state index is 12.5. The van der Waals surface area contributed by atoms with Gasteiger partial charge in [0.1, 0.15) is 0 Å². The van der Waals surface area contributed by atoms with Crippen molar-refractivity contribution in [3.8, 4) is 0 Å². The number of hydrogen-bond donors (Lipinski definition) is 2. The lowest BCUT2D eigenvalue weighted by Gasteiger charge is -2.26. The summed E-state index contributed by atoms with van der Waals surface area (Å²) in [5.41, 5.74) is 0.382. The van der Waals surface area contributed by atoms with Crippen molar-refractivity contribution >= 4 is 23.2 Å². The van der Waals surface area contributed by atoms with Crippen molar-refractivity contribution in [1.29, 1.82) is 0 Å². The van der Waals surface area contributed by atoms with E-state index in [0.717, 1.165) is 18.5 Å². The van der Waals surface area contributed by atoms with Crippen LogP contribution in [0.1, 0.15) is 26.7 Å². The van der Waals surface area contributed by atoms with E-state index in [0.29, 0.717) is 22.8 Å². The molecule has 20 heavy (non-hydrogen) atoms. The van der Waals surface area contributed by atoms with Gasteiger partial charge in [0.05, 0.1) is 6.10 Å². The Morgan fingerprint density at radius 3 is 2.35 bits per heavy atom. The summed E-state index contributed by atoms with van der Waals surface area (Å²) in [7, 11) is 0. The van der Waals surface area contributed by atoms with Crippen LogP contribution in [-0.4, -0.2) is 17.1 Å². The van der Waals surface area contributed by atoms with Crippen molar-refractivity contribution in [3.05, 3.63) is 29.3 Å². The molecular weight excluding hydrogens is 274 g/mol. The Balaban J connectivity index is 1.66. The molecule has 108 valence electrons. The molecule has 0 aliphatic heterocycles. The lowest BCUT2D eigenvalue weighted by Crippen LogP contribution is -2.34. The summed E-state index contributed by atoms with van der Waals surface area (Å²) in [5.74, 6) is 1.50. The van der Waals surface area contributed by atoms with Crippen LogP contribution in [0.4, 0.5) is 5.69 Å². The van der Waals surface area contributed by atoms with E-state index in [2.05, 4.69) is 5.32 Å². The van der Waals surface area contributed by atoms with Gasteiger partial charge >= 0.3 is 0 Å². The Bertz CT molecular complexity index is 514. The number of anilines is 1. The van der Waals surface area contributed by atoms with Crippen LogP contribution < -0.4 is 5.32 Å². The van der Waals surface area contributed by atoms with Gasteiger partial charge in [-0.1, -0.05) is 25.4 Å². The summed E-state index contributed by atoms with van der Waals surface area (Å²) in [4.78, 5) is 12.5. The van der Waals surface area contributed by atoms with E-state index in [9.17, 15) is 9.90 Å². The number of benzene rings is 1. The first kappa shape index (κ1) is 13.9. The molecule has 0 spiro atoms. The Kier molecular flexibility index (Phi) is 3.30. The monoisotopic (exact) mass is 293 g/mol. The van der Waals surface area contributed by atoms with Crippen molar-refractivity contribution in [1.82, 2.24) is 0 Å².